The predicted molar refractivity (Wildman–Crippen MR) is 92.3 cm³/mol. The Morgan fingerprint density at radius 1 is 0.952 bits per heavy atom. The Morgan fingerprint density at radius 2 is 1.67 bits per heavy atom. The van der Waals surface area contributed by atoms with Crippen LogP contribution in [0.2, 0.25) is 5.02 Å². The van der Waals surface area contributed by atoms with Gasteiger partial charge in [-0.15, -0.1) is 0 Å². The van der Waals surface area contributed by atoms with Crippen LogP contribution in [0, 0.1) is 11.8 Å². The number of hydrogen-bond acceptors (Lipinski definition) is 0. The van der Waals surface area contributed by atoms with E-state index >= 15 is 0 Å². The molecule has 0 aliphatic heterocycles. The third-order valence-electron chi connectivity index (χ3n) is 3.29. The summed E-state index contributed by atoms with van der Waals surface area (Å²) in [6, 6.07) is 18.0. The van der Waals surface area contributed by atoms with Crippen LogP contribution in [0.4, 0.5) is 0 Å². The molecule has 0 spiro atoms. The molecule has 0 bridgehead atoms. The van der Waals surface area contributed by atoms with Crippen LogP contribution in [0.5, 0.6) is 0 Å². The molecule has 0 radical (unpaired) electrons. The summed E-state index contributed by atoms with van der Waals surface area (Å²) in [5, 5.41) is 0.766. The Labute approximate surface area is 132 Å². The van der Waals surface area contributed by atoms with Crippen LogP contribution in [0.25, 0.3) is 5.57 Å². The maximum atomic E-state index is 5.88. The van der Waals surface area contributed by atoms with Crippen molar-refractivity contribution in [3.05, 3.63) is 77.3 Å². The van der Waals surface area contributed by atoms with Crippen LogP contribution in [0.1, 0.15) is 36.8 Å². The highest BCUT2D eigenvalue weighted by atomic mass is 35.5. The topological polar surface area (TPSA) is 0 Å². The molecule has 0 aromatic heterocycles. The Bertz CT molecular complexity index is 627. The minimum absolute atomic E-state index is 0.766. The van der Waals surface area contributed by atoms with Gasteiger partial charge in [0.25, 0.3) is 0 Å². The van der Waals surface area contributed by atoms with Gasteiger partial charge in [-0.25, -0.2) is 0 Å². The standard InChI is InChI=1S/C20H19Cl/c1-17(19-13-15-20(21)16-14-19)9-5-2-3-6-10-18-11-7-4-8-12-18/h4,7-8,11-16H,1-3,5,9H2. The van der Waals surface area contributed by atoms with Crippen molar-refractivity contribution in [2.24, 2.45) is 0 Å². The van der Waals surface area contributed by atoms with Gasteiger partial charge in [-0.2, -0.15) is 0 Å². The minimum atomic E-state index is 0.766. The van der Waals surface area contributed by atoms with Gasteiger partial charge < -0.3 is 0 Å². The van der Waals surface area contributed by atoms with Crippen LogP contribution in [0.3, 0.4) is 0 Å². The number of allylic oxidation sites excluding steroid dienone is 1. The summed E-state index contributed by atoms with van der Waals surface area (Å²) in [7, 11) is 0. The highest BCUT2D eigenvalue weighted by Gasteiger charge is 1.98. The summed E-state index contributed by atoms with van der Waals surface area (Å²) in [5.41, 5.74) is 3.43. The number of benzene rings is 2. The molecule has 2 rings (SSSR count). The van der Waals surface area contributed by atoms with Crippen molar-refractivity contribution in [2.45, 2.75) is 25.7 Å². The fourth-order valence-corrected chi connectivity index (χ4v) is 2.19. The number of halogens is 1. The Hall–Kier alpha value is -1.97. The van der Waals surface area contributed by atoms with Crippen molar-refractivity contribution in [1.82, 2.24) is 0 Å². The van der Waals surface area contributed by atoms with E-state index < -0.39 is 0 Å². The minimum Gasteiger partial charge on any atom is -0.0979 e. The molecule has 0 atom stereocenters. The van der Waals surface area contributed by atoms with Crippen LogP contribution in [-0.4, -0.2) is 0 Å². The van der Waals surface area contributed by atoms with Crippen molar-refractivity contribution < 1.29 is 0 Å². The average Bonchev–Trinajstić information content (AvgIpc) is 2.52. The van der Waals surface area contributed by atoms with E-state index in [9.17, 15) is 0 Å². The SMILES string of the molecule is C=C(CCCCC#Cc1ccccc1)c1ccc(Cl)cc1. The highest BCUT2D eigenvalue weighted by Crippen LogP contribution is 2.21. The molecule has 1 heteroatoms. The van der Waals surface area contributed by atoms with E-state index in [-0.39, 0.29) is 0 Å². The van der Waals surface area contributed by atoms with Crippen molar-refractivity contribution in [1.29, 1.82) is 0 Å². The third-order valence-corrected chi connectivity index (χ3v) is 3.54. The molecule has 0 unspecified atom stereocenters. The molecule has 2 aromatic rings. The summed E-state index contributed by atoms with van der Waals surface area (Å²) in [6.07, 6.45) is 4.16. The lowest BCUT2D eigenvalue weighted by Gasteiger charge is -2.05. The smallest absolute Gasteiger partial charge is 0.0406 e. The molecule has 0 fully saturated rings. The molecule has 0 saturated heterocycles. The molecule has 0 saturated carbocycles. The van der Waals surface area contributed by atoms with E-state index in [2.05, 4.69) is 18.4 Å². The van der Waals surface area contributed by atoms with Gasteiger partial charge in [0.05, 0.1) is 0 Å². The maximum Gasteiger partial charge on any atom is 0.0406 e. The lowest BCUT2D eigenvalue weighted by atomic mass is 10.0. The molecule has 0 heterocycles. The monoisotopic (exact) mass is 294 g/mol. The highest BCUT2D eigenvalue weighted by molar-refractivity contribution is 6.30. The Morgan fingerprint density at radius 3 is 2.38 bits per heavy atom. The van der Waals surface area contributed by atoms with Gasteiger partial charge in [-0.3, -0.25) is 0 Å². The zero-order valence-corrected chi connectivity index (χ0v) is 12.9. The van der Waals surface area contributed by atoms with E-state index in [0.29, 0.717) is 0 Å². The normalized spacial score (nSPS) is 9.76. The first kappa shape index (κ1) is 15.4. The van der Waals surface area contributed by atoms with Gasteiger partial charge in [-0.1, -0.05) is 60.4 Å². The molecular weight excluding hydrogens is 276 g/mol. The molecule has 0 amide bonds. The van der Waals surface area contributed by atoms with E-state index in [1.54, 1.807) is 0 Å². The van der Waals surface area contributed by atoms with Crippen molar-refractivity contribution in [2.75, 3.05) is 0 Å². The molecule has 106 valence electrons. The van der Waals surface area contributed by atoms with Crippen molar-refractivity contribution >= 4 is 17.2 Å². The zero-order chi connectivity index (χ0) is 14.9. The Kier molecular flexibility index (Phi) is 6.13. The van der Waals surface area contributed by atoms with Crippen molar-refractivity contribution in [3.63, 3.8) is 0 Å². The van der Waals surface area contributed by atoms with Gasteiger partial charge in [-0.05, 0) is 54.7 Å². The summed E-state index contributed by atoms with van der Waals surface area (Å²) in [5.74, 6) is 6.41. The van der Waals surface area contributed by atoms with E-state index in [1.807, 2.05) is 54.6 Å². The van der Waals surface area contributed by atoms with Crippen molar-refractivity contribution in [3.8, 4) is 11.8 Å². The first-order valence-corrected chi connectivity index (χ1v) is 7.61. The van der Waals surface area contributed by atoms with Crippen LogP contribution < -0.4 is 0 Å². The van der Waals surface area contributed by atoms with Crippen LogP contribution in [0.15, 0.2) is 61.2 Å². The third kappa shape index (κ3) is 5.50. The van der Waals surface area contributed by atoms with E-state index in [4.69, 9.17) is 11.6 Å². The molecule has 21 heavy (non-hydrogen) atoms. The Balaban J connectivity index is 1.69. The molecule has 0 aliphatic rings. The fraction of sp³-hybridized carbons (Fsp3) is 0.200. The summed E-state index contributed by atoms with van der Waals surface area (Å²) < 4.78 is 0. The number of hydrogen-bond donors (Lipinski definition) is 0. The average molecular weight is 295 g/mol. The second-order valence-electron chi connectivity index (χ2n) is 4.99. The van der Waals surface area contributed by atoms with Crippen LogP contribution >= 0.6 is 11.6 Å². The number of unbranched alkanes of at least 4 members (excludes halogenated alkanes) is 2. The lowest BCUT2D eigenvalue weighted by Crippen LogP contribution is -1.84. The molecule has 0 nitrogen and oxygen atoms in total. The quantitative estimate of drug-likeness (QED) is 0.471. The molecule has 0 N–H and O–H groups in total. The molecule has 2 aromatic carbocycles. The van der Waals surface area contributed by atoms with Gasteiger partial charge in [0, 0.05) is 17.0 Å². The first-order chi connectivity index (χ1) is 10.3. The summed E-state index contributed by atoms with van der Waals surface area (Å²) in [4.78, 5) is 0. The first-order valence-electron chi connectivity index (χ1n) is 7.23. The largest absolute Gasteiger partial charge is 0.0979 e. The number of rotatable bonds is 5. The fourth-order valence-electron chi connectivity index (χ4n) is 2.07. The van der Waals surface area contributed by atoms with Gasteiger partial charge in [0.15, 0.2) is 0 Å². The summed E-state index contributed by atoms with van der Waals surface area (Å²) >= 11 is 5.88. The van der Waals surface area contributed by atoms with Crippen LogP contribution in [-0.2, 0) is 0 Å². The second kappa shape index (κ2) is 8.35. The van der Waals surface area contributed by atoms with E-state index in [0.717, 1.165) is 36.3 Å². The van der Waals surface area contributed by atoms with E-state index in [1.165, 1.54) is 11.1 Å². The summed E-state index contributed by atoms with van der Waals surface area (Å²) in [6.45, 7) is 4.14. The zero-order valence-electron chi connectivity index (χ0n) is 12.1. The molecular formula is C20H19Cl. The second-order valence-corrected chi connectivity index (χ2v) is 5.42. The maximum absolute atomic E-state index is 5.88. The van der Waals surface area contributed by atoms with Gasteiger partial charge >= 0.3 is 0 Å². The van der Waals surface area contributed by atoms with Gasteiger partial charge in [0.2, 0.25) is 0 Å². The predicted octanol–water partition coefficient (Wildman–Crippen LogP) is 5.97. The lowest BCUT2D eigenvalue weighted by molar-refractivity contribution is 0.780. The van der Waals surface area contributed by atoms with Gasteiger partial charge in [0.1, 0.15) is 0 Å². The molecule has 0 aliphatic carbocycles.